The Morgan fingerprint density at radius 1 is 0.481 bits per heavy atom. The van der Waals surface area contributed by atoms with Crippen molar-refractivity contribution in [2.75, 3.05) is 40.9 Å². The summed E-state index contributed by atoms with van der Waals surface area (Å²) in [4.78, 5) is 40.0. The molecule has 77 heavy (non-hydrogen) atoms. The number of phosphoric acid groups is 1. The maximum Gasteiger partial charge on any atom is 0.306 e. The first-order chi connectivity index (χ1) is 37.4. The van der Waals surface area contributed by atoms with Crippen LogP contribution in [0.25, 0.3) is 0 Å². The van der Waals surface area contributed by atoms with Gasteiger partial charge in [-0.3, -0.25) is 14.2 Å². The number of amides is 1. The van der Waals surface area contributed by atoms with E-state index in [0.717, 1.165) is 83.5 Å². The maximum absolute atomic E-state index is 13.6. The lowest BCUT2D eigenvalue weighted by Gasteiger charge is -2.30. The standard InChI is InChI=1S/C67H123N2O7P/c1-7-10-13-16-19-22-25-28-29-30-31-32-33-34-35-36-37-38-39-42-44-47-50-53-56-59-66(70)68-64(63-75-77(72,73)74-62-61-69(4,5)6)65(58-55-52-49-46-43-40-26-23-20-17-14-11-8-2)76-67(71)60-57-54-51-48-45-41-27-24-21-18-15-12-9-3/h12,15,18-19,21-22,24,27-29,55,58,64-65H,7-11,13-14,16-17,20,23,25-26,30-54,56-57,59-63H2,1-6H3,(H-,68,70,72,73)/b15-12+,21-18+,22-19-,27-24-,29-28-,58-55-. The third-order valence-electron chi connectivity index (χ3n) is 14.2. The van der Waals surface area contributed by atoms with Crippen molar-refractivity contribution in [2.45, 2.75) is 303 Å². The van der Waals surface area contributed by atoms with E-state index in [1.807, 2.05) is 33.3 Å². The van der Waals surface area contributed by atoms with Crippen LogP contribution in [0.2, 0.25) is 0 Å². The number of hydrogen-bond donors (Lipinski definition) is 1. The van der Waals surface area contributed by atoms with Gasteiger partial charge in [0.2, 0.25) is 5.91 Å². The fourth-order valence-electron chi connectivity index (χ4n) is 9.20. The number of carbonyl (C=O) groups excluding carboxylic acids is 2. The zero-order valence-electron chi connectivity index (χ0n) is 51.2. The molecular formula is C67H123N2O7P. The molecule has 1 amide bonds. The van der Waals surface area contributed by atoms with Crippen molar-refractivity contribution in [1.82, 2.24) is 5.32 Å². The average Bonchev–Trinajstić information content (AvgIpc) is 3.39. The molecule has 0 aromatic carbocycles. The third-order valence-corrected chi connectivity index (χ3v) is 15.1. The van der Waals surface area contributed by atoms with Crippen molar-refractivity contribution >= 4 is 19.7 Å². The van der Waals surface area contributed by atoms with Crippen molar-refractivity contribution in [2.24, 2.45) is 0 Å². The van der Waals surface area contributed by atoms with Crippen molar-refractivity contribution in [3.63, 3.8) is 0 Å². The lowest BCUT2D eigenvalue weighted by atomic mass is 10.0. The number of unbranched alkanes of at least 4 members (excludes halogenated alkanes) is 34. The van der Waals surface area contributed by atoms with Crippen LogP contribution in [-0.4, -0.2) is 69.4 Å². The molecule has 0 saturated carbocycles. The van der Waals surface area contributed by atoms with Crippen LogP contribution in [0.4, 0.5) is 0 Å². The number of nitrogens with one attached hydrogen (secondary N) is 1. The second kappa shape index (κ2) is 56.7. The molecule has 0 aliphatic carbocycles. The van der Waals surface area contributed by atoms with Crippen LogP contribution >= 0.6 is 7.82 Å². The lowest BCUT2D eigenvalue weighted by molar-refractivity contribution is -0.870. The number of rotatable bonds is 58. The molecule has 0 spiro atoms. The molecule has 0 aromatic heterocycles. The summed E-state index contributed by atoms with van der Waals surface area (Å²) in [6, 6.07) is -0.898. The van der Waals surface area contributed by atoms with E-state index in [1.165, 1.54) is 167 Å². The highest BCUT2D eigenvalue weighted by Crippen LogP contribution is 2.38. The molecule has 0 fully saturated rings. The van der Waals surface area contributed by atoms with Crippen LogP contribution < -0.4 is 10.2 Å². The molecule has 0 radical (unpaired) electrons. The maximum atomic E-state index is 13.6. The number of allylic oxidation sites excluding steroid dienone is 11. The van der Waals surface area contributed by atoms with Gasteiger partial charge >= 0.3 is 5.97 Å². The molecule has 9 nitrogen and oxygen atoms in total. The molecule has 0 aliphatic rings. The number of quaternary nitrogens is 1. The van der Waals surface area contributed by atoms with E-state index in [9.17, 15) is 19.0 Å². The molecule has 3 atom stereocenters. The number of esters is 1. The summed E-state index contributed by atoms with van der Waals surface area (Å²) < 4.78 is 30.3. The molecule has 0 saturated heterocycles. The van der Waals surface area contributed by atoms with Gasteiger partial charge in [-0.2, -0.15) is 0 Å². The monoisotopic (exact) mass is 1100 g/mol. The number of ether oxygens (including phenoxy) is 1. The van der Waals surface area contributed by atoms with Gasteiger partial charge in [-0.1, -0.05) is 267 Å². The Morgan fingerprint density at radius 3 is 1.36 bits per heavy atom. The number of likely N-dealkylation sites (N-methyl/N-ethyl adjacent to an activating group) is 1. The predicted molar refractivity (Wildman–Crippen MR) is 330 cm³/mol. The van der Waals surface area contributed by atoms with Gasteiger partial charge in [0.05, 0.1) is 33.8 Å². The Morgan fingerprint density at radius 2 is 0.883 bits per heavy atom. The van der Waals surface area contributed by atoms with Gasteiger partial charge in [0.15, 0.2) is 0 Å². The molecule has 0 rings (SSSR count). The Hall–Kier alpha value is -2.55. The first kappa shape index (κ1) is 74.5. The van der Waals surface area contributed by atoms with Gasteiger partial charge in [-0.15, -0.1) is 0 Å². The van der Waals surface area contributed by atoms with Crippen LogP contribution in [0.5, 0.6) is 0 Å². The topological polar surface area (TPSA) is 114 Å². The van der Waals surface area contributed by atoms with Crippen molar-refractivity contribution in [1.29, 1.82) is 0 Å². The van der Waals surface area contributed by atoms with Crippen molar-refractivity contribution in [3.05, 3.63) is 72.9 Å². The zero-order chi connectivity index (χ0) is 56.4. The molecule has 0 aliphatic heterocycles. The highest BCUT2D eigenvalue weighted by molar-refractivity contribution is 7.45. The molecule has 0 heterocycles. The lowest BCUT2D eigenvalue weighted by Crippen LogP contribution is -2.47. The van der Waals surface area contributed by atoms with Crippen LogP contribution in [-0.2, 0) is 27.9 Å². The van der Waals surface area contributed by atoms with E-state index in [0.29, 0.717) is 23.9 Å². The van der Waals surface area contributed by atoms with Gasteiger partial charge < -0.3 is 28.5 Å². The molecular weight excluding hydrogens is 976 g/mol. The number of hydrogen-bond acceptors (Lipinski definition) is 7. The summed E-state index contributed by atoms with van der Waals surface area (Å²) in [6.45, 7) is 6.69. The van der Waals surface area contributed by atoms with Crippen LogP contribution in [0.1, 0.15) is 290 Å². The van der Waals surface area contributed by atoms with Crippen LogP contribution in [0.15, 0.2) is 72.9 Å². The Kier molecular flexibility index (Phi) is 54.8. The zero-order valence-corrected chi connectivity index (χ0v) is 52.0. The molecule has 1 N–H and O–H groups in total. The first-order valence-electron chi connectivity index (χ1n) is 32.3. The van der Waals surface area contributed by atoms with Gasteiger partial charge in [0.1, 0.15) is 19.3 Å². The summed E-state index contributed by atoms with van der Waals surface area (Å²) >= 11 is 0. The Balaban J connectivity index is 5.11. The minimum Gasteiger partial charge on any atom is -0.756 e. The molecule has 448 valence electrons. The van der Waals surface area contributed by atoms with E-state index in [2.05, 4.69) is 86.8 Å². The largest absolute Gasteiger partial charge is 0.756 e. The van der Waals surface area contributed by atoms with Gasteiger partial charge in [0.25, 0.3) is 7.82 Å². The molecule has 10 heteroatoms. The van der Waals surface area contributed by atoms with E-state index in [-0.39, 0.29) is 24.9 Å². The van der Waals surface area contributed by atoms with E-state index in [1.54, 1.807) is 0 Å². The minimum absolute atomic E-state index is 0.0272. The van der Waals surface area contributed by atoms with Crippen LogP contribution in [0, 0.1) is 0 Å². The first-order valence-corrected chi connectivity index (χ1v) is 33.7. The second-order valence-corrected chi connectivity index (χ2v) is 24.4. The van der Waals surface area contributed by atoms with Crippen molar-refractivity contribution in [3.8, 4) is 0 Å². The summed E-state index contributed by atoms with van der Waals surface area (Å²) in [6.07, 6.45) is 73.1. The fourth-order valence-corrected chi connectivity index (χ4v) is 9.92. The normalized spacial score (nSPS) is 14.1. The van der Waals surface area contributed by atoms with E-state index in [4.69, 9.17) is 13.8 Å². The molecule has 3 unspecified atom stereocenters. The predicted octanol–water partition coefficient (Wildman–Crippen LogP) is 19.4. The van der Waals surface area contributed by atoms with Gasteiger partial charge in [-0.05, 0) is 83.1 Å². The summed E-state index contributed by atoms with van der Waals surface area (Å²) in [7, 11) is 1.17. The van der Waals surface area contributed by atoms with Crippen molar-refractivity contribution < 1.29 is 37.3 Å². The Labute approximate surface area is 476 Å². The quantitative estimate of drug-likeness (QED) is 0.0161. The third kappa shape index (κ3) is 57.9. The number of carbonyl (C=O) groups is 2. The van der Waals surface area contributed by atoms with E-state index >= 15 is 0 Å². The SMILES string of the molecule is CC/C=C/C=C/C=C\CCCCCCCC(=O)OC(/C=C\CCCCCCCCCCCCC)C(COP(=O)([O-])OCC[N+](C)(C)C)NC(=O)CCCCCCCCCCCCCCCCC/C=C\C/C=C\CCCCC. The summed E-state index contributed by atoms with van der Waals surface area (Å²) in [5, 5.41) is 3.03. The smallest absolute Gasteiger partial charge is 0.306 e. The highest BCUT2D eigenvalue weighted by atomic mass is 31.2. The molecule has 0 aromatic rings. The summed E-state index contributed by atoms with van der Waals surface area (Å²) in [5.41, 5.74) is 0. The molecule has 0 bridgehead atoms. The highest BCUT2D eigenvalue weighted by Gasteiger charge is 2.27. The van der Waals surface area contributed by atoms with Gasteiger partial charge in [-0.25, -0.2) is 0 Å². The average molecular weight is 1100 g/mol. The summed E-state index contributed by atoms with van der Waals surface area (Å²) in [5.74, 6) is -0.560. The van der Waals surface area contributed by atoms with Gasteiger partial charge in [0, 0.05) is 12.8 Å². The number of nitrogens with zero attached hydrogens (tertiary/aromatic N) is 1. The second-order valence-electron chi connectivity index (χ2n) is 22.9. The Bertz CT molecular complexity index is 1550. The number of phosphoric ester groups is 1. The minimum atomic E-state index is -4.70. The van der Waals surface area contributed by atoms with E-state index < -0.39 is 26.6 Å². The van der Waals surface area contributed by atoms with Crippen LogP contribution in [0.3, 0.4) is 0 Å². The fraction of sp³-hybridized carbons (Fsp3) is 0.791.